The number of methoxy groups -OCH3 is 1. The molecule has 0 aliphatic heterocycles. The van der Waals surface area contributed by atoms with Crippen LogP contribution in [-0.2, 0) is 26.1 Å². The normalized spacial score (nSPS) is 22.9. The molecule has 1 aliphatic carbocycles. The molecule has 20 heavy (non-hydrogen) atoms. The van der Waals surface area contributed by atoms with Crippen molar-refractivity contribution in [1.29, 1.82) is 0 Å². The van der Waals surface area contributed by atoms with E-state index in [4.69, 9.17) is 4.52 Å². The molecule has 0 bridgehead atoms. The summed E-state index contributed by atoms with van der Waals surface area (Å²) in [5.74, 6) is -0.610. The lowest BCUT2D eigenvalue weighted by Crippen LogP contribution is -2.39. The molecule has 0 spiro atoms. The molecule has 1 fully saturated rings. The molecule has 2 atom stereocenters. The van der Waals surface area contributed by atoms with E-state index in [-0.39, 0.29) is 6.54 Å². The predicted molar refractivity (Wildman–Crippen MR) is 70.1 cm³/mol. The highest BCUT2D eigenvalue weighted by Crippen LogP contribution is 2.31. The third-order valence-corrected chi connectivity index (χ3v) is 5.39. The van der Waals surface area contributed by atoms with Gasteiger partial charge in [-0.2, -0.15) is 0 Å². The highest BCUT2D eigenvalue weighted by Gasteiger charge is 2.42. The van der Waals surface area contributed by atoms with Gasteiger partial charge >= 0.3 is 5.97 Å². The first-order chi connectivity index (χ1) is 9.44. The molecule has 1 aromatic rings. The Morgan fingerprint density at radius 2 is 2.30 bits per heavy atom. The minimum Gasteiger partial charge on any atom is -0.469 e. The monoisotopic (exact) mass is 302 g/mol. The summed E-state index contributed by atoms with van der Waals surface area (Å²) < 4.78 is 36.6. The standard InChI is InChI=1S/C12H18N2O5S/c1-8-6-9(19-14-8)7-13-20(16,17)11-5-3-4-10(11)12(15)18-2/h6,10-11,13H,3-5,7H2,1-2H3. The second-order valence-electron chi connectivity index (χ2n) is 4.90. The van der Waals surface area contributed by atoms with E-state index in [9.17, 15) is 13.2 Å². The van der Waals surface area contributed by atoms with E-state index >= 15 is 0 Å². The van der Waals surface area contributed by atoms with Crippen LogP contribution >= 0.6 is 0 Å². The van der Waals surface area contributed by atoms with Crippen LogP contribution in [0, 0.1) is 12.8 Å². The van der Waals surface area contributed by atoms with Crippen LogP contribution in [0.1, 0.15) is 30.7 Å². The van der Waals surface area contributed by atoms with Crippen LogP contribution in [0.3, 0.4) is 0 Å². The highest BCUT2D eigenvalue weighted by atomic mass is 32.2. The van der Waals surface area contributed by atoms with Crippen molar-refractivity contribution < 1.29 is 22.5 Å². The van der Waals surface area contributed by atoms with Crippen LogP contribution in [0.4, 0.5) is 0 Å². The Morgan fingerprint density at radius 3 is 2.90 bits per heavy atom. The van der Waals surface area contributed by atoms with Gasteiger partial charge in [0.05, 0.1) is 30.5 Å². The van der Waals surface area contributed by atoms with Gasteiger partial charge in [-0.3, -0.25) is 4.79 Å². The second-order valence-corrected chi connectivity index (χ2v) is 6.88. The Morgan fingerprint density at radius 1 is 1.55 bits per heavy atom. The van der Waals surface area contributed by atoms with Crippen LogP contribution < -0.4 is 4.72 Å². The molecule has 7 nitrogen and oxygen atoms in total. The summed E-state index contributed by atoms with van der Waals surface area (Å²) in [6.07, 6.45) is 1.71. The molecule has 0 radical (unpaired) electrons. The zero-order valence-electron chi connectivity index (χ0n) is 11.5. The summed E-state index contributed by atoms with van der Waals surface area (Å²) in [7, 11) is -2.32. The lowest BCUT2D eigenvalue weighted by molar-refractivity contribution is -0.145. The zero-order valence-corrected chi connectivity index (χ0v) is 12.3. The molecule has 0 saturated heterocycles. The maximum atomic E-state index is 12.3. The topological polar surface area (TPSA) is 98.5 Å². The quantitative estimate of drug-likeness (QED) is 0.806. The SMILES string of the molecule is COC(=O)C1CCCC1S(=O)(=O)NCc1cc(C)no1. The van der Waals surface area contributed by atoms with Gasteiger partial charge in [-0.25, -0.2) is 13.1 Å². The molecule has 1 heterocycles. The predicted octanol–water partition coefficient (Wildman–Crippen LogP) is 0.744. The van der Waals surface area contributed by atoms with Gasteiger partial charge in [-0.05, 0) is 19.8 Å². The molecule has 2 unspecified atom stereocenters. The molecule has 0 amide bonds. The molecule has 1 N–H and O–H groups in total. The van der Waals surface area contributed by atoms with Gasteiger partial charge in [0, 0.05) is 6.07 Å². The Balaban J connectivity index is 2.04. The fourth-order valence-electron chi connectivity index (χ4n) is 2.50. The van der Waals surface area contributed by atoms with Crippen molar-refractivity contribution in [2.75, 3.05) is 7.11 Å². The Kier molecular flexibility index (Phi) is 4.44. The number of carbonyl (C=O) groups excluding carboxylic acids is 1. The molecular weight excluding hydrogens is 284 g/mol. The maximum Gasteiger partial charge on any atom is 0.310 e. The number of carbonyl (C=O) groups is 1. The van der Waals surface area contributed by atoms with Gasteiger partial charge in [0.2, 0.25) is 10.0 Å². The van der Waals surface area contributed by atoms with Crippen molar-refractivity contribution in [1.82, 2.24) is 9.88 Å². The Labute approximate surface area is 117 Å². The summed E-state index contributed by atoms with van der Waals surface area (Å²) in [6.45, 7) is 1.79. The lowest BCUT2D eigenvalue weighted by Gasteiger charge is -2.18. The number of aryl methyl sites for hydroxylation is 1. The smallest absolute Gasteiger partial charge is 0.310 e. The van der Waals surface area contributed by atoms with Crippen molar-refractivity contribution in [3.05, 3.63) is 17.5 Å². The number of hydrogen-bond donors (Lipinski definition) is 1. The number of hydrogen-bond acceptors (Lipinski definition) is 6. The number of sulfonamides is 1. The van der Waals surface area contributed by atoms with Crippen molar-refractivity contribution in [2.45, 2.75) is 38.0 Å². The van der Waals surface area contributed by atoms with Gasteiger partial charge in [-0.15, -0.1) is 0 Å². The van der Waals surface area contributed by atoms with Crippen molar-refractivity contribution in [3.63, 3.8) is 0 Å². The van der Waals surface area contributed by atoms with Crippen molar-refractivity contribution in [2.24, 2.45) is 5.92 Å². The molecule has 0 aromatic carbocycles. The van der Waals surface area contributed by atoms with E-state index < -0.39 is 27.2 Å². The fraction of sp³-hybridized carbons (Fsp3) is 0.667. The van der Waals surface area contributed by atoms with Crippen LogP contribution in [0.25, 0.3) is 0 Å². The minimum absolute atomic E-state index is 0.0353. The average Bonchev–Trinajstić information content (AvgIpc) is 3.04. The molecule has 112 valence electrons. The molecule has 8 heteroatoms. The molecule has 1 aromatic heterocycles. The van der Waals surface area contributed by atoms with Gasteiger partial charge in [-0.1, -0.05) is 11.6 Å². The number of nitrogens with zero attached hydrogens (tertiary/aromatic N) is 1. The van der Waals surface area contributed by atoms with Gasteiger partial charge in [0.1, 0.15) is 0 Å². The van der Waals surface area contributed by atoms with Crippen LogP contribution in [0.15, 0.2) is 10.6 Å². The first-order valence-electron chi connectivity index (χ1n) is 6.42. The van der Waals surface area contributed by atoms with E-state index in [1.807, 2.05) is 0 Å². The van der Waals surface area contributed by atoms with Crippen LogP contribution in [0.5, 0.6) is 0 Å². The summed E-state index contributed by atoms with van der Waals surface area (Å²) in [4.78, 5) is 11.6. The fourth-order valence-corrected chi connectivity index (χ4v) is 4.21. The number of nitrogens with one attached hydrogen (secondary N) is 1. The summed E-state index contributed by atoms with van der Waals surface area (Å²) in [5, 5.41) is 2.95. The Hall–Kier alpha value is -1.41. The van der Waals surface area contributed by atoms with Crippen LogP contribution in [-0.4, -0.2) is 31.9 Å². The first-order valence-corrected chi connectivity index (χ1v) is 7.97. The second kappa shape index (κ2) is 5.92. The summed E-state index contributed by atoms with van der Waals surface area (Å²) >= 11 is 0. The average molecular weight is 302 g/mol. The van der Waals surface area contributed by atoms with Crippen molar-refractivity contribution in [3.8, 4) is 0 Å². The molecule has 1 aliphatic rings. The van der Waals surface area contributed by atoms with E-state index in [0.29, 0.717) is 30.7 Å². The summed E-state index contributed by atoms with van der Waals surface area (Å²) in [6, 6.07) is 1.66. The van der Waals surface area contributed by atoms with Gasteiger partial charge < -0.3 is 9.26 Å². The number of ether oxygens (including phenoxy) is 1. The Bertz CT molecular complexity index is 580. The molecular formula is C12H18N2O5S. The molecule has 1 saturated carbocycles. The lowest BCUT2D eigenvalue weighted by atomic mass is 10.1. The zero-order chi connectivity index (χ0) is 14.8. The number of esters is 1. The largest absolute Gasteiger partial charge is 0.469 e. The maximum absolute atomic E-state index is 12.3. The van der Waals surface area contributed by atoms with Crippen LogP contribution in [0.2, 0.25) is 0 Å². The van der Waals surface area contributed by atoms with Crippen molar-refractivity contribution >= 4 is 16.0 Å². The third kappa shape index (κ3) is 3.18. The number of aromatic nitrogens is 1. The van der Waals surface area contributed by atoms with E-state index in [0.717, 1.165) is 0 Å². The van der Waals surface area contributed by atoms with E-state index in [1.165, 1.54) is 7.11 Å². The summed E-state index contributed by atoms with van der Waals surface area (Å²) in [5.41, 5.74) is 0.688. The first kappa shape index (κ1) is 15.0. The van der Waals surface area contributed by atoms with E-state index in [1.54, 1.807) is 13.0 Å². The van der Waals surface area contributed by atoms with Gasteiger partial charge in [0.15, 0.2) is 5.76 Å². The number of rotatable bonds is 5. The third-order valence-electron chi connectivity index (χ3n) is 3.48. The molecule has 2 rings (SSSR count). The highest BCUT2D eigenvalue weighted by molar-refractivity contribution is 7.90. The minimum atomic E-state index is -3.59. The van der Waals surface area contributed by atoms with Gasteiger partial charge in [0.25, 0.3) is 0 Å². The van der Waals surface area contributed by atoms with E-state index in [2.05, 4.69) is 14.6 Å².